The summed E-state index contributed by atoms with van der Waals surface area (Å²) in [6.45, 7) is 8.05. The zero-order valence-electron chi connectivity index (χ0n) is 15.7. The molecule has 0 aliphatic heterocycles. The van der Waals surface area contributed by atoms with Gasteiger partial charge >= 0.3 is 0 Å². The molecule has 1 aliphatic rings. The van der Waals surface area contributed by atoms with Crippen LogP contribution in [0.25, 0.3) is 0 Å². The molecule has 0 atom stereocenters. The first-order valence-corrected chi connectivity index (χ1v) is 8.65. The number of methoxy groups -OCH3 is 1. The van der Waals surface area contributed by atoms with E-state index in [1.165, 1.54) is 13.2 Å². The summed E-state index contributed by atoms with van der Waals surface area (Å²) in [5, 5.41) is 2.55. The smallest absolute Gasteiger partial charge is 0.250 e. The molecule has 0 unspecified atom stereocenters. The Morgan fingerprint density at radius 3 is 2.58 bits per heavy atom. The first kappa shape index (κ1) is 19.6. The van der Waals surface area contributed by atoms with Crippen molar-refractivity contribution in [3.8, 4) is 0 Å². The summed E-state index contributed by atoms with van der Waals surface area (Å²) in [6, 6.07) is 6.12. The Balaban J connectivity index is 2.25. The standard InChI is InChI=1S/C20H25N3O3/c1-5-23(6-2)16-8-9-17(14(3)11-16)21-15-7-10-19(24)18(12-15)22-20(25)13-26-4/h7-12H,5-6,13H2,1-4H3,(H,22,25). The summed E-state index contributed by atoms with van der Waals surface area (Å²) in [6.07, 6.45) is 4.63. The number of carbonyl (C=O) groups excluding carboxylic acids is 2. The number of allylic oxidation sites excluding steroid dienone is 3. The molecule has 1 aliphatic carbocycles. The first-order chi connectivity index (χ1) is 12.5. The van der Waals surface area contributed by atoms with Crippen molar-refractivity contribution >= 4 is 28.8 Å². The maximum Gasteiger partial charge on any atom is 0.250 e. The maximum absolute atomic E-state index is 11.9. The minimum absolute atomic E-state index is 0.104. The van der Waals surface area contributed by atoms with E-state index in [2.05, 4.69) is 35.1 Å². The van der Waals surface area contributed by atoms with Crippen LogP contribution in [-0.4, -0.2) is 44.2 Å². The van der Waals surface area contributed by atoms with Gasteiger partial charge in [0.05, 0.1) is 17.1 Å². The highest BCUT2D eigenvalue weighted by Crippen LogP contribution is 2.25. The number of nitrogens with zero attached hydrogens (tertiary/aromatic N) is 2. The van der Waals surface area contributed by atoms with E-state index in [0.717, 1.165) is 30.0 Å². The number of hydrogen-bond donors (Lipinski definition) is 1. The molecule has 26 heavy (non-hydrogen) atoms. The average Bonchev–Trinajstić information content (AvgIpc) is 2.61. The minimum atomic E-state index is -0.374. The zero-order valence-corrected chi connectivity index (χ0v) is 15.7. The monoisotopic (exact) mass is 355 g/mol. The highest BCUT2D eigenvalue weighted by atomic mass is 16.5. The molecule has 0 bridgehead atoms. The van der Waals surface area contributed by atoms with Crippen LogP contribution >= 0.6 is 0 Å². The second-order valence-electron chi connectivity index (χ2n) is 5.92. The Morgan fingerprint density at radius 1 is 1.23 bits per heavy atom. The molecule has 0 aromatic heterocycles. The van der Waals surface area contributed by atoms with Gasteiger partial charge in [-0.15, -0.1) is 0 Å². The van der Waals surface area contributed by atoms with Crippen LogP contribution in [0.4, 0.5) is 11.4 Å². The van der Waals surface area contributed by atoms with Gasteiger partial charge < -0.3 is 15.0 Å². The molecule has 0 fully saturated rings. The van der Waals surface area contributed by atoms with Gasteiger partial charge in [-0.25, -0.2) is 4.99 Å². The molecule has 0 heterocycles. The number of aryl methyl sites for hydroxylation is 1. The van der Waals surface area contributed by atoms with Crippen LogP contribution in [-0.2, 0) is 14.3 Å². The van der Waals surface area contributed by atoms with Crippen LogP contribution in [0.3, 0.4) is 0 Å². The highest BCUT2D eigenvalue weighted by molar-refractivity contribution is 6.20. The van der Waals surface area contributed by atoms with Crippen molar-refractivity contribution in [1.29, 1.82) is 0 Å². The zero-order chi connectivity index (χ0) is 19.1. The van der Waals surface area contributed by atoms with E-state index >= 15 is 0 Å². The van der Waals surface area contributed by atoms with Gasteiger partial charge in [0.1, 0.15) is 6.61 Å². The normalized spacial score (nSPS) is 15.2. The number of hydrogen-bond acceptors (Lipinski definition) is 5. The molecular formula is C20H25N3O3. The van der Waals surface area contributed by atoms with E-state index in [1.807, 2.05) is 19.1 Å². The maximum atomic E-state index is 11.9. The van der Waals surface area contributed by atoms with E-state index in [1.54, 1.807) is 12.2 Å². The largest absolute Gasteiger partial charge is 0.375 e. The van der Waals surface area contributed by atoms with Crippen molar-refractivity contribution in [2.24, 2.45) is 4.99 Å². The second-order valence-corrected chi connectivity index (χ2v) is 5.92. The third-order valence-electron chi connectivity index (χ3n) is 4.07. The number of amides is 1. The molecule has 0 spiro atoms. The molecule has 0 radical (unpaired) electrons. The van der Waals surface area contributed by atoms with E-state index in [0.29, 0.717) is 5.71 Å². The predicted molar refractivity (Wildman–Crippen MR) is 104 cm³/mol. The Bertz CT molecular complexity index is 775. The number of aliphatic imine (C=N–C) groups is 1. The quantitative estimate of drug-likeness (QED) is 0.764. The average molecular weight is 355 g/mol. The summed E-state index contributed by atoms with van der Waals surface area (Å²) < 4.78 is 4.76. The van der Waals surface area contributed by atoms with Gasteiger partial charge in [0, 0.05) is 25.9 Å². The fourth-order valence-electron chi connectivity index (χ4n) is 2.69. The number of ether oxygens (including phenoxy) is 1. The minimum Gasteiger partial charge on any atom is -0.375 e. The van der Waals surface area contributed by atoms with Crippen LogP contribution in [0.1, 0.15) is 19.4 Å². The van der Waals surface area contributed by atoms with Crippen molar-refractivity contribution in [1.82, 2.24) is 5.32 Å². The van der Waals surface area contributed by atoms with Gasteiger partial charge in [-0.05, 0) is 62.8 Å². The number of benzene rings is 1. The summed E-state index contributed by atoms with van der Waals surface area (Å²) in [5.74, 6) is -0.636. The summed E-state index contributed by atoms with van der Waals surface area (Å²) >= 11 is 0. The van der Waals surface area contributed by atoms with E-state index in [4.69, 9.17) is 4.74 Å². The number of anilines is 1. The van der Waals surface area contributed by atoms with Crippen molar-refractivity contribution < 1.29 is 14.3 Å². The number of ketones is 1. The van der Waals surface area contributed by atoms with Crippen LogP contribution in [0.5, 0.6) is 0 Å². The SMILES string of the molecule is CCN(CC)c1ccc(N=C2C=CC(=O)C(NC(=O)COC)=C2)c(C)c1. The first-order valence-electron chi connectivity index (χ1n) is 8.65. The molecular weight excluding hydrogens is 330 g/mol. The number of nitrogens with one attached hydrogen (secondary N) is 1. The van der Waals surface area contributed by atoms with Crippen molar-refractivity contribution in [3.63, 3.8) is 0 Å². The Morgan fingerprint density at radius 2 is 1.96 bits per heavy atom. The lowest BCUT2D eigenvalue weighted by molar-refractivity contribution is -0.125. The van der Waals surface area contributed by atoms with Crippen LogP contribution in [0.15, 0.2) is 47.1 Å². The summed E-state index contributed by atoms with van der Waals surface area (Å²) in [7, 11) is 1.42. The molecule has 1 aromatic carbocycles. The lowest BCUT2D eigenvalue weighted by Gasteiger charge is -2.21. The van der Waals surface area contributed by atoms with Crippen LogP contribution in [0, 0.1) is 6.92 Å². The molecule has 6 nitrogen and oxygen atoms in total. The predicted octanol–water partition coefficient (Wildman–Crippen LogP) is 2.70. The van der Waals surface area contributed by atoms with Crippen molar-refractivity contribution in [3.05, 3.63) is 47.7 Å². The Hall–Kier alpha value is -2.73. The van der Waals surface area contributed by atoms with Gasteiger partial charge in [-0.1, -0.05) is 0 Å². The molecule has 138 valence electrons. The van der Waals surface area contributed by atoms with Gasteiger partial charge in [-0.3, -0.25) is 9.59 Å². The van der Waals surface area contributed by atoms with E-state index in [9.17, 15) is 9.59 Å². The summed E-state index contributed by atoms with van der Waals surface area (Å²) in [4.78, 5) is 30.4. The van der Waals surface area contributed by atoms with Gasteiger partial charge in [0.15, 0.2) is 0 Å². The van der Waals surface area contributed by atoms with Gasteiger partial charge in [0.25, 0.3) is 0 Å². The van der Waals surface area contributed by atoms with Crippen molar-refractivity contribution in [2.75, 3.05) is 31.7 Å². The van der Waals surface area contributed by atoms with Crippen LogP contribution in [0.2, 0.25) is 0 Å². The second kappa shape index (κ2) is 9.10. The van der Waals surface area contributed by atoms with Crippen molar-refractivity contribution in [2.45, 2.75) is 20.8 Å². The fourth-order valence-corrected chi connectivity index (χ4v) is 2.69. The molecule has 6 heteroatoms. The topological polar surface area (TPSA) is 71.0 Å². The molecule has 1 aromatic rings. The number of carbonyl (C=O) groups is 2. The lowest BCUT2D eigenvalue weighted by atomic mass is 10.1. The fraction of sp³-hybridized carbons (Fsp3) is 0.350. The molecule has 0 saturated carbocycles. The molecule has 1 amide bonds. The van der Waals surface area contributed by atoms with Gasteiger partial charge in [0.2, 0.25) is 11.7 Å². The third kappa shape index (κ3) is 4.89. The van der Waals surface area contributed by atoms with E-state index < -0.39 is 0 Å². The third-order valence-corrected chi connectivity index (χ3v) is 4.07. The van der Waals surface area contributed by atoms with E-state index in [-0.39, 0.29) is 24.0 Å². The van der Waals surface area contributed by atoms with Crippen LogP contribution < -0.4 is 10.2 Å². The molecule has 1 N–H and O–H groups in total. The lowest BCUT2D eigenvalue weighted by Crippen LogP contribution is -2.31. The van der Waals surface area contributed by atoms with Gasteiger partial charge in [-0.2, -0.15) is 0 Å². The number of rotatable bonds is 7. The summed E-state index contributed by atoms with van der Waals surface area (Å²) in [5.41, 5.74) is 3.84. The Kier molecular flexibility index (Phi) is 6.86. The Labute approximate surface area is 154 Å². The molecule has 0 saturated heterocycles. The highest BCUT2D eigenvalue weighted by Gasteiger charge is 2.15. The molecule has 2 rings (SSSR count).